The van der Waals surface area contributed by atoms with Crippen LogP contribution in [0.3, 0.4) is 0 Å². The van der Waals surface area contributed by atoms with Crippen molar-refractivity contribution in [2.75, 3.05) is 7.11 Å². The van der Waals surface area contributed by atoms with Crippen molar-refractivity contribution < 1.29 is 14.3 Å². The van der Waals surface area contributed by atoms with Crippen molar-refractivity contribution in [2.24, 2.45) is 5.10 Å². The van der Waals surface area contributed by atoms with Crippen molar-refractivity contribution in [3.05, 3.63) is 123 Å². The van der Waals surface area contributed by atoms with E-state index in [0.29, 0.717) is 23.7 Å². The number of pyridine rings is 1. The Bertz CT molecular complexity index is 1650. The molecule has 1 heterocycles. The van der Waals surface area contributed by atoms with Gasteiger partial charge in [0.1, 0.15) is 6.61 Å². The van der Waals surface area contributed by atoms with Crippen LogP contribution in [0, 0.1) is 10.5 Å². The first-order valence-corrected chi connectivity index (χ1v) is 13.4. The Labute approximate surface area is 240 Å². The van der Waals surface area contributed by atoms with Crippen LogP contribution in [-0.4, -0.2) is 24.2 Å². The fourth-order valence-electron chi connectivity index (χ4n) is 4.14. The largest absolute Gasteiger partial charge is 0.493 e. The zero-order valence-electron chi connectivity index (χ0n) is 21.5. The number of halogens is 1. The van der Waals surface area contributed by atoms with Crippen molar-refractivity contribution in [2.45, 2.75) is 13.5 Å². The van der Waals surface area contributed by atoms with E-state index in [1.54, 1.807) is 19.4 Å². The molecule has 0 spiro atoms. The highest BCUT2D eigenvalue weighted by Crippen LogP contribution is 2.34. The van der Waals surface area contributed by atoms with Crippen LogP contribution in [0.4, 0.5) is 0 Å². The van der Waals surface area contributed by atoms with E-state index in [-0.39, 0.29) is 5.91 Å². The van der Waals surface area contributed by atoms with Crippen LogP contribution in [0.1, 0.15) is 27.0 Å². The molecule has 0 radical (unpaired) electrons. The van der Waals surface area contributed by atoms with Crippen molar-refractivity contribution in [3.63, 3.8) is 0 Å². The van der Waals surface area contributed by atoms with Gasteiger partial charge in [-0.15, -0.1) is 0 Å². The summed E-state index contributed by atoms with van der Waals surface area (Å²) in [7, 11) is 1.60. The Kier molecular flexibility index (Phi) is 8.17. The zero-order chi connectivity index (χ0) is 27.2. The summed E-state index contributed by atoms with van der Waals surface area (Å²) in [5.74, 6) is 0.938. The van der Waals surface area contributed by atoms with Gasteiger partial charge in [-0.1, -0.05) is 78.4 Å². The van der Waals surface area contributed by atoms with Gasteiger partial charge in [-0.05, 0) is 64.9 Å². The molecule has 1 amide bonds. The van der Waals surface area contributed by atoms with E-state index in [2.05, 4.69) is 52.2 Å². The van der Waals surface area contributed by atoms with E-state index in [0.717, 1.165) is 36.9 Å². The Morgan fingerprint density at radius 3 is 2.49 bits per heavy atom. The van der Waals surface area contributed by atoms with Gasteiger partial charge in [-0.3, -0.25) is 4.79 Å². The smallest absolute Gasteiger partial charge is 0.272 e. The molecule has 4 aromatic carbocycles. The van der Waals surface area contributed by atoms with Crippen LogP contribution in [0.5, 0.6) is 11.5 Å². The topological polar surface area (TPSA) is 72.8 Å². The van der Waals surface area contributed by atoms with E-state index in [1.807, 2.05) is 78.9 Å². The van der Waals surface area contributed by atoms with Gasteiger partial charge in [0.05, 0.1) is 33.7 Å². The predicted molar refractivity (Wildman–Crippen MR) is 163 cm³/mol. The molecule has 0 aliphatic heterocycles. The van der Waals surface area contributed by atoms with Gasteiger partial charge in [-0.2, -0.15) is 5.10 Å². The fraction of sp³-hybridized carbons (Fsp3) is 0.0938. The van der Waals surface area contributed by atoms with Crippen molar-refractivity contribution in [3.8, 4) is 22.8 Å². The van der Waals surface area contributed by atoms with Crippen molar-refractivity contribution >= 4 is 45.6 Å². The molecule has 194 valence electrons. The molecule has 6 nitrogen and oxygen atoms in total. The van der Waals surface area contributed by atoms with Crippen LogP contribution >= 0.6 is 22.6 Å². The number of amides is 1. The molecule has 0 aliphatic rings. The fourth-order valence-corrected chi connectivity index (χ4v) is 4.92. The van der Waals surface area contributed by atoms with E-state index >= 15 is 0 Å². The third-order valence-electron chi connectivity index (χ3n) is 6.17. The lowest BCUT2D eigenvalue weighted by Gasteiger charge is -2.14. The minimum Gasteiger partial charge on any atom is -0.493 e. The number of nitrogens with zero attached hydrogens (tertiary/aromatic N) is 2. The minimum absolute atomic E-state index is 0.318. The van der Waals surface area contributed by atoms with Crippen molar-refractivity contribution in [1.29, 1.82) is 0 Å². The molecule has 5 aromatic rings. The summed E-state index contributed by atoms with van der Waals surface area (Å²) in [5.41, 5.74) is 8.63. The summed E-state index contributed by atoms with van der Waals surface area (Å²) in [6.45, 7) is 2.49. The number of carbonyl (C=O) groups is 1. The molecule has 1 aromatic heterocycles. The van der Waals surface area contributed by atoms with E-state index in [9.17, 15) is 4.79 Å². The number of methoxy groups -OCH3 is 1. The zero-order valence-corrected chi connectivity index (χ0v) is 23.7. The molecule has 0 atom stereocenters. The normalized spacial score (nSPS) is 11.1. The summed E-state index contributed by atoms with van der Waals surface area (Å²) in [6, 6.07) is 31.2. The molecule has 0 aliphatic carbocycles. The van der Waals surface area contributed by atoms with Gasteiger partial charge < -0.3 is 9.47 Å². The lowest BCUT2D eigenvalue weighted by atomic mass is 10.0. The molecule has 0 saturated heterocycles. The third kappa shape index (κ3) is 6.26. The summed E-state index contributed by atoms with van der Waals surface area (Å²) in [6.07, 6.45) is 1.59. The van der Waals surface area contributed by atoms with Crippen LogP contribution in [-0.2, 0) is 6.61 Å². The lowest BCUT2D eigenvalue weighted by Crippen LogP contribution is -2.18. The molecular weight excluding hydrogens is 601 g/mol. The first-order chi connectivity index (χ1) is 19.0. The molecule has 1 N–H and O–H groups in total. The maximum absolute atomic E-state index is 13.2. The number of para-hydroxylation sites is 1. The number of benzene rings is 4. The van der Waals surface area contributed by atoms with Crippen LogP contribution < -0.4 is 14.9 Å². The molecule has 0 bridgehead atoms. The third-order valence-corrected chi connectivity index (χ3v) is 6.97. The molecule has 39 heavy (non-hydrogen) atoms. The lowest BCUT2D eigenvalue weighted by molar-refractivity contribution is 0.0956. The van der Waals surface area contributed by atoms with Crippen LogP contribution in [0.2, 0.25) is 0 Å². The Hall–Kier alpha value is -4.24. The number of rotatable bonds is 8. The quantitative estimate of drug-likeness (QED) is 0.113. The second-order valence-corrected chi connectivity index (χ2v) is 10.1. The van der Waals surface area contributed by atoms with Gasteiger partial charge in [0.15, 0.2) is 11.5 Å². The molecule has 7 heteroatoms. The first kappa shape index (κ1) is 26.4. The maximum Gasteiger partial charge on any atom is 0.272 e. The van der Waals surface area contributed by atoms with Crippen LogP contribution in [0.15, 0.2) is 102 Å². The van der Waals surface area contributed by atoms with Gasteiger partial charge in [0.25, 0.3) is 5.91 Å². The molecular formula is C32H26IN3O3. The Morgan fingerprint density at radius 2 is 1.72 bits per heavy atom. The SMILES string of the molecule is COc1cc(/C=N/NC(=O)c2cc(-c3ccccc3)nc3ccccc23)cc(I)c1OCc1ccc(C)cc1. The van der Waals surface area contributed by atoms with Crippen LogP contribution in [0.25, 0.3) is 22.2 Å². The van der Waals surface area contributed by atoms with Crippen molar-refractivity contribution in [1.82, 2.24) is 10.4 Å². The number of aromatic nitrogens is 1. The molecule has 0 unspecified atom stereocenters. The number of fused-ring (bicyclic) bond motifs is 1. The summed E-state index contributed by atoms with van der Waals surface area (Å²) in [4.78, 5) is 18.0. The first-order valence-electron chi connectivity index (χ1n) is 12.4. The Morgan fingerprint density at radius 1 is 0.974 bits per heavy atom. The second-order valence-electron chi connectivity index (χ2n) is 8.95. The number of hydrogen-bond donors (Lipinski definition) is 1. The predicted octanol–water partition coefficient (Wildman–Crippen LogP) is 7.17. The van der Waals surface area contributed by atoms with Gasteiger partial charge in [0.2, 0.25) is 0 Å². The van der Waals surface area contributed by atoms with Gasteiger partial charge in [-0.25, -0.2) is 10.4 Å². The molecule has 0 saturated carbocycles. The number of nitrogens with one attached hydrogen (secondary N) is 1. The Balaban J connectivity index is 1.34. The minimum atomic E-state index is -0.318. The average Bonchev–Trinajstić information content (AvgIpc) is 2.97. The maximum atomic E-state index is 13.2. The highest BCUT2D eigenvalue weighted by molar-refractivity contribution is 14.1. The average molecular weight is 627 g/mol. The summed E-state index contributed by atoms with van der Waals surface area (Å²) in [5, 5.41) is 4.99. The highest BCUT2D eigenvalue weighted by Gasteiger charge is 2.14. The number of aryl methyl sites for hydroxylation is 1. The summed E-state index contributed by atoms with van der Waals surface area (Å²) >= 11 is 2.22. The highest BCUT2D eigenvalue weighted by atomic mass is 127. The van der Waals surface area contributed by atoms with E-state index < -0.39 is 0 Å². The summed E-state index contributed by atoms with van der Waals surface area (Å²) < 4.78 is 12.5. The number of hydrogen-bond acceptors (Lipinski definition) is 5. The number of ether oxygens (including phenoxy) is 2. The molecule has 0 fully saturated rings. The van der Waals surface area contributed by atoms with E-state index in [1.165, 1.54) is 5.56 Å². The standard InChI is InChI=1S/C32H26IN3O3/c1-21-12-14-22(15-13-21)20-39-31-27(33)16-23(17-30(31)38-2)19-34-36-32(37)26-18-29(24-8-4-3-5-9-24)35-28-11-7-6-10-25(26)28/h3-19H,20H2,1-2H3,(H,36,37)/b34-19+. The molecule has 5 rings (SSSR count). The van der Waals surface area contributed by atoms with Gasteiger partial charge >= 0.3 is 0 Å². The van der Waals surface area contributed by atoms with E-state index in [4.69, 9.17) is 14.5 Å². The second kappa shape index (κ2) is 12.1. The number of carbonyl (C=O) groups excluding carboxylic acids is 1. The monoisotopic (exact) mass is 627 g/mol. The number of hydrazone groups is 1. The van der Waals surface area contributed by atoms with Gasteiger partial charge in [0, 0.05) is 10.9 Å².